The van der Waals surface area contributed by atoms with Crippen LogP contribution in [-0.4, -0.2) is 29.5 Å². The molecule has 4 rings (SSSR count). The quantitative estimate of drug-likeness (QED) is 0.829. The van der Waals surface area contributed by atoms with E-state index in [1.54, 1.807) is 13.2 Å². The molecular formula is C24H25N3O3. The Morgan fingerprint density at radius 3 is 2.67 bits per heavy atom. The maximum absolute atomic E-state index is 13.4. The molecule has 1 amide bonds. The average molecular weight is 403 g/mol. The second-order valence-electron chi connectivity index (χ2n) is 7.74. The van der Waals surface area contributed by atoms with Crippen molar-refractivity contribution in [1.82, 2.24) is 4.98 Å². The summed E-state index contributed by atoms with van der Waals surface area (Å²) >= 11 is 0. The van der Waals surface area contributed by atoms with Gasteiger partial charge in [-0.2, -0.15) is 0 Å². The third-order valence-corrected chi connectivity index (χ3v) is 5.73. The number of hydrogen-bond donors (Lipinski definition) is 1. The van der Waals surface area contributed by atoms with Crippen molar-refractivity contribution in [2.24, 2.45) is 10.9 Å². The lowest BCUT2D eigenvalue weighted by Crippen LogP contribution is -2.39. The van der Waals surface area contributed by atoms with E-state index in [9.17, 15) is 9.59 Å². The van der Waals surface area contributed by atoms with E-state index in [4.69, 9.17) is 9.73 Å². The van der Waals surface area contributed by atoms with Crippen molar-refractivity contribution >= 4 is 23.2 Å². The Morgan fingerprint density at radius 2 is 1.90 bits per heavy atom. The fourth-order valence-corrected chi connectivity index (χ4v) is 4.42. The normalized spacial score (nSPS) is 21.0. The van der Waals surface area contributed by atoms with Gasteiger partial charge in [0.1, 0.15) is 11.6 Å². The number of allylic oxidation sites excluding steroid dienone is 2. The van der Waals surface area contributed by atoms with Crippen molar-refractivity contribution in [1.29, 1.82) is 0 Å². The molecule has 1 N–H and O–H groups in total. The predicted octanol–water partition coefficient (Wildman–Crippen LogP) is 4.22. The lowest BCUT2D eigenvalue weighted by molar-refractivity contribution is -0.119. The molecule has 1 aliphatic heterocycles. The summed E-state index contributed by atoms with van der Waals surface area (Å²) in [6.45, 7) is 3.73. The monoisotopic (exact) mass is 403 g/mol. The summed E-state index contributed by atoms with van der Waals surface area (Å²) < 4.78 is 5.59. The fraction of sp³-hybridized carbons (Fsp3) is 0.333. The third kappa shape index (κ3) is 3.65. The van der Waals surface area contributed by atoms with Crippen LogP contribution in [0.15, 0.2) is 58.7 Å². The molecule has 0 saturated carbocycles. The number of aryl methyl sites for hydroxylation is 1. The van der Waals surface area contributed by atoms with Gasteiger partial charge in [-0.25, -0.2) is 4.98 Å². The third-order valence-electron chi connectivity index (χ3n) is 5.73. The number of aromatic nitrogens is 1. The zero-order valence-corrected chi connectivity index (χ0v) is 17.4. The molecule has 0 saturated heterocycles. The first-order valence-corrected chi connectivity index (χ1v) is 10.2. The number of rotatable bonds is 4. The smallest absolute Gasteiger partial charge is 0.235 e. The zero-order valence-electron chi connectivity index (χ0n) is 17.4. The number of benzene rings is 1. The van der Waals surface area contributed by atoms with Crippen molar-refractivity contribution < 1.29 is 14.3 Å². The first-order chi connectivity index (χ1) is 14.5. The number of para-hydroxylation sites is 1. The second-order valence-corrected chi connectivity index (χ2v) is 7.74. The van der Waals surface area contributed by atoms with E-state index in [2.05, 4.69) is 10.3 Å². The van der Waals surface area contributed by atoms with E-state index in [0.29, 0.717) is 29.3 Å². The summed E-state index contributed by atoms with van der Waals surface area (Å²) in [6, 6.07) is 13.1. The van der Waals surface area contributed by atoms with Crippen molar-refractivity contribution in [2.45, 2.75) is 39.0 Å². The average Bonchev–Trinajstić information content (AvgIpc) is 2.72. The number of methoxy groups -OCH3 is 1. The number of Topliss-reactive ketones (excluding diaryl/α,β-unsaturated/α-hetero) is 1. The number of ether oxygens (including phenoxy) is 1. The lowest BCUT2D eigenvalue weighted by Gasteiger charge is -2.35. The maximum atomic E-state index is 13.4. The molecule has 1 unspecified atom stereocenters. The van der Waals surface area contributed by atoms with Crippen LogP contribution in [0, 0.1) is 12.8 Å². The van der Waals surface area contributed by atoms with Gasteiger partial charge < -0.3 is 10.1 Å². The van der Waals surface area contributed by atoms with Gasteiger partial charge in [-0.05, 0) is 44.9 Å². The number of amides is 1. The molecule has 2 aromatic rings. The number of ketones is 1. The van der Waals surface area contributed by atoms with Crippen LogP contribution in [0.25, 0.3) is 0 Å². The van der Waals surface area contributed by atoms with Gasteiger partial charge in [0.2, 0.25) is 5.91 Å². The van der Waals surface area contributed by atoms with Crippen molar-refractivity contribution in [2.75, 3.05) is 12.4 Å². The molecule has 6 nitrogen and oxygen atoms in total. The van der Waals surface area contributed by atoms with E-state index in [1.165, 1.54) is 0 Å². The molecular weight excluding hydrogens is 378 g/mol. The number of carbonyl (C=O) groups is 2. The van der Waals surface area contributed by atoms with E-state index < -0.39 is 11.8 Å². The minimum atomic E-state index is -0.621. The highest BCUT2D eigenvalue weighted by atomic mass is 16.5. The summed E-state index contributed by atoms with van der Waals surface area (Å²) in [7, 11) is 1.60. The highest BCUT2D eigenvalue weighted by Gasteiger charge is 2.43. The second kappa shape index (κ2) is 8.22. The van der Waals surface area contributed by atoms with Crippen LogP contribution in [0.2, 0.25) is 0 Å². The number of pyridine rings is 1. The SMILES string of the molecule is COc1ccccc1[C@@H]1C2=C(CCCC2=O)N=C(C)C1C(=O)Nc1cccc(C)n1. The van der Waals surface area contributed by atoms with Crippen LogP contribution in [0.1, 0.15) is 43.4 Å². The summed E-state index contributed by atoms with van der Waals surface area (Å²) in [5, 5.41) is 2.92. The van der Waals surface area contributed by atoms with Gasteiger partial charge in [0, 0.05) is 40.6 Å². The van der Waals surface area contributed by atoms with Gasteiger partial charge in [-0.1, -0.05) is 24.3 Å². The number of aliphatic imine (C=N–C) groups is 1. The van der Waals surface area contributed by atoms with Gasteiger partial charge in [0.05, 0.1) is 13.0 Å². The number of hydrogen-bond acceptors (Lipinski definition) is 5. The van der Waals surface area contributed by atoms with Gasteiger partial charge >= 0.3 is 0 Å². The summed E-state index contributed by atoms with van der Waals surface area (Å²) in [6.07, 6.45) is 2.02. The molecule has 1 aliphatic carbocycles. The van der Waals surface area contributed by atoms with Gasteiger partial charge in [0.25, 0.3) is 0 Å². The van der Waals surface area contributed by atoms with E-state index in [1.807, 2.05) is 50.2 Å². The topological polar surface area (TPSA) is 80.6 Å². The molecule has 2 atom stereocenters. The highest BCUT2D eigenvalue weighted by molar-refractivity contribution is 6.13. The lowest BCUT2D eigenvalue weighted by atomic mass is 9.71. The van der Waals surface area contributed by atoms with Crippen LogP contribution >= 0.6 is 0 Å². The van der Waals surface area contributed by atoms with Crippen molar-refractivity contribution in [3.63, 3.8) is 0 Å². The Balaban J connectivity index is 1.81. The molecule has 0 radical (unpaired) electrons. The van der Waals surface area contributed by atoms with Crippen LogP contribution in [0.3, 0.4) is 0 Å². The summed E-state index contributed by atoms with van der Waals surface area (Å²) in [5.41, 5.74) is 3.79. The Labute approximate surface area is 176 Å². The molecule has 1 aromatic carbocycles. The number of anilines is 1. The van der Waals surface area contributed by atoms with Crippen LogP contribution < -0.4 is 10.1 Å². The molecule has 0 spiro atoms. The molecule has 2 heterocycles. The Kier molecular flexibility index (Phi) is 5.48. The van der Waals surface area contributed by atoms with Gasteiger partial charge in [-0.15, -0.1) is 0 Å². The van der Waals surface area contributed by atoms with Gasteiger partial charge in [-0.3, -0.25) is 14.6 Å². The Hall–Kier alpha value is -3.28. The van der Waals surface area contributed by atoms with Crippen molar-refractivity contribution in [3.8, 4) is 5.75 Å². The minimum Gasteiger partial charge on any atom is -0.496 e. The van der Waals surface area contributed by atoms with Crippen LogP contribution in [0.5, 0.6) is 5.75 Å². The summed E-state index contributed by atoms with van der Waals surface area (Å²) in [5.74, 6) is -0.0732. The molecule has 1 aromatic heterocycles. The predicted molar refractivity (Wildman–Crippen MR) is 116 cm³/mol. The van der Waals surface area contributed by atoms with E-state index in [-0.39, 0.29) is 11.7 Å². The first-order valence-electron chi connectivity index (χ1n) is 10.2. The fourth-order valence-electron chi connectivity index (χ4n) is 4.42. The Bertz CT molecular complexity index is 1070. The maximum Gasteiger partial charge on any atom is 0.235 e. The van der Waals surface area contributed by atoms with Crippen LogP contribution in [-0.2, 0) is 9.59 Å². The standard InChI is InChI=1S/C24H25N3O3/c1-14-8-6-13-20(25-14)27-24(29)21-15(2)26-17-10-7-11-18(28)23(17)22(21)16-9-4-5-12-19(16)30-3/h4-6,8-9,12-13,21-22H,7,10-11H2,1-3H3,(H,25,27,29)/t21?,22-/m0/s1. The highest BCUT2D eigenvalue weighted by Crippen LogP contribution is 2.45. The van der Waals surface area contributed by atoms with E-state index in [0.717, 1.165) is 29.8 Å². The number of carbonyl (C=O) groups excluding carboxylic acids is 2. The minimum absolute atomic E-state index is 0.0647. The van der Waals surface area contributed by atoms with Crippen LogP contribution in [0.4, 0.5) is 5.82 Å². The molecule has 2 aliphatic rings. The number of nitrogens with zero attached hydrogens (tertiary/aromatic N) is 2. The first kappa shape index (κ1) is 20.0. The zero-order chi connectivity index (χ0) is 21.3. The van der Waals surface area contributed by atoms with Crippen molar-refractivity contribution in [3.05, 3.63) is 65.0 Å². The molecule has 30 heavy (non-hydrogen) atoms. The molecule has 6 heteroatoms. The molecule has 154 valence electrons. The molecule has 0 bridgehead atoms. The largest absolute Gasteiger partial charge is 0.496 e. The van der Waals surface area contributed by atoms with Gasteiger partial charge in [0.15, 0.2) is 5.78 Å². The summed E-state index contributed by atoms with van der Waals surface area (Å²) in [4.78, 5) is 35.5. The molecule has 0 fully saturated rings. The Morgan fingerprint density at radius 1 is 1.10 bits per heavy atom. The number of nitrogens with one attached hydrogen (secondary N) is 1. The van der Waals surface area contributed by atoms with E-state index >= 15 is 0 Å².